The molecule has 1 amide bonds. The molecule has 5 heteroatoms. The topological polar surface area (TPSA) is 50.2 Å². The van der Waals surface area contributed by atoms with Crippen LogP contribution < -0.4 is 5.32 Å². The lowest BCUT2D eigenvalue weighted by Crippen LogP contribution is -2.43. The molecule has 0 spiro atoms. The number of carbonyl (C=O) groups excluding carboxylic acids is 1. The van der Waals surface area contributed by atoms with Crippen LogP contribution in [0.25, 0.3) is 0 Å². The molecule has 1 aliphatic carbocycles. The van der Waals surface area contributed by atoms with Crippen molar-refractivity contribution in [3.05, 3.63) is 18.0 Å². The molecular weight excluding hydrogens is 276 g/mol. The highest BCUT2D eigenvalue weighted by Gasteiger charge is 2.39. The quantitative estimate of drug-likeness (QED) is 0.926. The van der Waals surface area contributed by atoms with Gasteiger partial charge >= 0.3 is 0 Å². The number of carbonyl (C=O) groups is 1. The van der Waals surface area contributed by atoms with Gasteiger partial charge in [0.25, 0.3) is 5.91 Å². The van der Waals surface area contributed by atoms with Crippen molar-refractivity contribution in [1.82, 2.24) is 20.0 Å². The number of nitrogens with one attached hydrogen (secondary N) is 1. The van der Waals surface area contributed by atoms with Gasteiger partial charge in [0.1, 0.15) is 5.69 Å². The first-order chi connectivity index (χ1) is 10.6. The van der Waals surface area contributed by atoms with E-state index in [1.807, 2.05) is 7.05 Å². The van der Waals surface area contributed by atoms with Gasteiger partial charge < -0.3 is 5.32 Å². The van der Waals surface area contributed by atoms with Crippen molar-refractivity contribution in [2.24, 2.45) is 18.9 Å². The SMILES string of the molecule is CC(C)[C@@H]1CN(C2CCCC2)C[C@H]1NC(=O)c1ccnn1C. The third kappa shape index (κ3) is 3.05. The van der Waals surface area contributed by atoms with Crippen LogP contribution in [-0.2, 0) is 7.05 Å². The van der Waals surface area contributed by atoms with Crippen LogP contribution in [0.15, 0.2) is 12.3 Å². The molecule has 2 fully saturated rings. The Morgan fingerprint density at radius 3 is 2.64 bits per heavy atom. The lowest BCUT2D eigenvalue weighted by molar-refractivity contribution is 0.0915. The molecule has 2 heterocycles. The summed E-state index contributed by atoms with van der Waals surface area (Å²) in [5, 5.41) is 7.36. The largest absolute Gasteiger partial charge is 0.346 e. The average molecular weight is 304 g/mol. The molecule has 122 valence electrons. The number of amides is 1. The molecule has 22 heavy (non-hydrogen) atoms. The normalized spacial score (nSPS) is 26.9. The van der Waals surface area contributed by atoms with Crippen LogP contribution in [0, 0.1) is 11.8 Å². The minimum Gasteiger partial charge on any atom is -0.346 e. The van der Waals surface area contributed by atoms with Gasteiger partial charge in [0, 0.05) is 38.4 Å². The summed E-state index contributed by atoms with van der Waals surface area (Å²) >= 11 is 0. The Morgan fingerprint density at radius 1 is 1.32 bits per heavy atom. The van der Waals surface area contributed by atoms with Gasteiger partial charge in [-0.25, -0.2) is 0 Å². The van der Waals surface area contributed by atoms with Crippen molar-refractivity contribution in [2.75, 3.05) is 13.1 Å². The summed E-state index contributed by atoms with van der Waals surface area (Å²) in [6, 6.07) is 2.77. The van der Waals surface area contributed by atoms with Crippen LogP contribution in [0.4, 0.5) is 0 Å². The maximum absolute atomic E-state index is 12.5. The molecule has 1 saturated carbocycles. The van der Waals surface area contributed by atoms with E-state index in [1.165, 1.54) is 25.7 Å². The predicted molar refractivity (Wildman–Crippen MR) is 86.6 cm³/mol. The molecule has 2 atom stereocenters. The summed E-state index contributed by atoms with van der Waals surface area (Å²) in [6.45, 7) is 6.66. The molecule has 1 saturated heterocycles. The minimum absolute atomic E-state index is 0.00363. The van der Waals surface area contributed by atoms with Crippen LogP contribution in [0.3, 0.4) is 0 Å². The van der Waals surface area contributed by atoms with E-state index < -0.39 is 0 Å². The molecular formula is C17H28N4O. The zero-order valence-electron chi connectivity index (χ0n) is 14.0. The van der Waals surface area contributed by atoms with E-state index in [2.05, 4.69) is 29.2 Å². The van der Waals surface area contributed by atoms with Crippen molar-refractivity contribution in [3.8, 4) is 0 Å². The average Bonchev–Trinajstić information content (AvgIpc) is 3.16. The van der Waals surface area contributed by atoms with Crippen molar-refractivity contribution in [3.63, 3.8) is 0 Å². The van der Waals surface area contributed by atoms with Gasteiger partial charge in [0.05, 0.1) is 0 Å². The smallest absolute Gasteiger partial charge is 0.269 e. The molecule has 0 unspecified atom stereocenters. The van der Waals surface area contributed by atoms with Gasteiger partial charge in [-0.3, -0.25) is 14.4 Å². The Bertz CT molecular complexity index is 518. The molecule has 2 aliphatic rings. The van der Waals surface area contributed by atoms with Gasteiger partial charge in [0.2, 0.25) is 0 Å². The fourth-order valence-electron chi connectivity index (χ4n) is 4.10. The van der Waals surface area contributed by atoms with E-state index in [0.29, 0.717) is 17.5 Å². The van der Waals surface area contributed by atoms with Crippen molar-refractivity contribution < 1.29 is 4.79 Å². The van der Waals surface area contributed by atoms with Gasteiger partial charge in [0.15, 0.2) is 0 Å². The van der Waals surface area contributed by atoms with E-state index in [9.17, 15) is 4.79 Å². The zero-order valence-corrected chi connectivity index (χ0v) is 14.0. The van der Waals surface area contributed by atoms with Gasteiger partial charge in [-0.05, 0) is 30.7 Å². The lowest BCUT2D eigenvalue weighted by Gasteiger charge is -2.23. The Hall–Kier alpha value is -1.36. The number of aryl methyl sites for hydroxylation is 1. The van der Waals surface area contributed by atoms with Gasteiger partial charge in [-0.15, -0.1) is 0 Å². The molecule has 1 aromatic heterocycles. The summed E-state index contributed by atoms with van der Waals surface area (Å²) in [7, 11) is 1.81. The number of hydrogen-bond acceptors (Lipinski definition) is 3. The lowest BCUT2D eigenvalue weighted by atomic mass is 9.91. The van der Waals surface area contributed by atoms with Crippen LogP contribution in [0.1, 0.15) is 50.0 Å². The minimum atomic E-state index is 0.00363. The summed E-state index contributed by atoms with van der Waals surface area (Å²) in [5.41, 5.74) is 0.641. The summed E-state index contributed by atoms with van der Waals surface area (Å²) in [6.07, 6.45) is 7.05. The first kappa shape index (κ1) is 15.5. The van der Waals surface area contributed by atoms with Crippen LogP contribution >= 0.6 is 0 Å². The van der Waals surface area contributed by atoms with Crippen LogP contribution in [0.2, 0.25) is 0 Å². The molecule has 5 nitrogen and oxygen atoms in total. The number of rotatable bonds is 4. The fourth-order valence-corrected chi connectivity index (χ4v) is 4.10. The molecule has 0 aromatic carbocycles. The number of nitrogens with zero attached hydrogens (tertiary/aromatic N) is 3. The highest BCUT2D eigenvalue weighted by Crippen LogP contribution is 2.31. The van der Waals surface area contributed by atoms with E-state index in [1.54, 1.807) is 16.9 Å². The standard InChI is InChI=1S/C17H28N4O/c1-12(2)14-10-21(13-6-4-5-7-13)11-15(14)19-17(22)16-8-9-18-20(16)3/h8-9,12-15H,4-7,10-11H2,1-3H3,(H,19,22)/t14-,15+/m0/s1. The summed E-state index contributed by atoms with van der Waals surface area (Å²) < 4.78 is 1.64. The second-order valence-electron chi connectivity index (χ2n) is 7.22. The highest BCUT2D eigenvalue weighted by molar-refractivity contribution is 5.92. The molecule has 3 rings (SSSR count). The van der Waals surface area contributed by atoms with Crippen LogP contribution in [-0.4, -0.2) is 45.8 Å². The van der Waals surface area contributed by atoms with Crippen molar-refractivity contribution in [1.29, 1.82) is 0 Å². The number of hydrogen-bond donors (Lipinski definition) is 1. The van der Waals surface area contributed by atoms with Crippen molar-refractivity contribution >= 4 is 5.91 Å². The third-order valence-electron chi connectivity index (χ3n) is 5.46. The van der Waals surface area contributed by atoms with E-state index >= 15 is 0 Å². The van der Waals surface area contributed by atoms with E-state index in [4.69, 9.17) is 0 Å². The Balaban J connectivity index is 1.68. The Labute approximate surface area is 133 Å². The second-order valence-corrected chi connectivity index (χ2v) is 7.22. The third-order valence-corrected chi connectivity index (χ3v) is 5.46. The second kappa shape index (κ2) is 6.41. The first-order valence-corrected chi connectivity index (χ1v) is 8.59. The van der Waals surface area contributed by atoms with E-state index in [-0.39, 0.29) is 11.9 Å². The fraction of sp³-hybridized carbons (Fsp3) is 0.765. The molecule has 1 aliphatic heterocycles. The predicted octanol–water partition coefficient (Wildman–Crippen LogP) is 2.05. The molecule has 1 N–H and O–H groups in total. The molecule has 0 radical (unpaired) electrons. The van der Waals surface area contributed by atoms with Gasteiger partial charge in [-0.2, -0.15) is 5.10 Å². The number of aromatic nitrogens is 2. The first-order valence-electron chi connectivity index (χ1n) is 8.59. The zero-order chi connectivity index (χ0) is 15.7. The summed E-state index contributed by atoms with van der Waals surface area (Å²) in [4.78, 5) is 15.1. The Morgan fingerprint density at radius 2 is 2.05 bits per heavy atom. The molecule has 1 aromatic rings. The maximum atomic E-state index is 12.5. The number of likely N-dealkylation sites (tertiary alicyclic amines) is 1. The van der Waals surface area contributed by atoms with Crippen molar-refractivity contribution in [2.45, 2.75) is 51.6 Å². The van der Waals surface area contributed by atoms with E-state index in [0.717, 1.165) is 19.1 Å². The van der Waals surface area contributed by atoms with Crippen LogP contribution in [0.5, 0.6) is 0 Å². The molecule has 0 bridgehead atoms. The van der Waals surface area contributed by atoms with Gasteiger partial charge in [-0.1, -0.05) is 26.7 Å². The Kier molecular flexibility index (Phi) is 4.52. The maximum Gasteiger partial charge on any atom is 0.269 e. The highest BCUT2D eigenvalue weighted by atomic mass is 16.2. The monoisotopic (exact) mass is 304 g/mol. The summed E-state index contributed by atoms with van der Waals surface area (Å²) in [5.74, 6) is 1.13.